The Morgan fingerprint density at radius 1 is 1.35 bits per heavy atom. The van der Waals surface area contributed by atoms with Crippen LogP contribution in [0.15, 0.2) is 47.5 Å². The topological polar surface area (TPSA) is 123 Å². The molecule has 0 unspecified atom stereocenters. The Bertz CT molecular complexity index is 1100. The molecule has 2 heterocycles. The van der Waals surface area contributed by atoms with Gasteiger partial charge in [0.25, 0.3) is 0 Å². The summed E-state index contributed by atoms with van der Waals surface area (Å²) in [6.45, 7) is 0.467. The Kier molecular flexibility index (Phi) is 4.79. The highest BCUT2D eigenvalue weighted by molar-refractivity contribution is 7.89. The molecule has 0 saturated carbocycles. The van der Waals surface area contributed by atoms with Gasteiger partial charge >= 0.3 is 0 Å². The minimum absolute atomic E-state index is 0.0528. The van der Waals surface area contributed by atoms with Crippen molar-refractivity contribution in [2.45, 2.75) is 11.3 Å². The molecule has 8 nitrogen and oxygen atoms in total. The molecule has 0 aliphatic heterocycles. The number of hydrogen-bond acceptors (Lipinski definition) is 6. The number of nitrogens with two attached hydrogens (primary N) is 1. The number of sulfonamides is 1. The maximum atomic E-state index is 11.7. The van der Waals surface area contributed by atoms with Crippen LogP contribution in [0, 0.1) is 11.3 Å². The number of pyridine rings is 1. The fourth-order valence-corrected chi connectivity index (χ4v) is 3.40. The molecule has 26 heavy (non-hydrogen) atoms. The average Bonchev–Trinajstić information content (AvgIpc) is 2.98. The zero-order valence-corrected chi connectivity index (χ0v) is 14.8. The summed E-state index contributed by atoms with van der Waals surface area (Å²) in [5.74, 6) is 0.690. The standard InChI is InChI=1S/C17H17N5O3S/c1-25-14-6-5-12(10-15(14)26(19,23)24)7-8-20-17-13(11-18)22-9-3-2-4-16(22)21-17/h2-6,9-10,20H,7-8H2,1H3,(H2,19,23,24). The number of benzene rings is 1. The van der Waals surface area contributed by atoms with Gasteiger partial charge in [-0.3, -0.25) is 4.40 Å². The lowest BCUT2D eigenvalue weighted by atomic mass is 10.1. The number of hydrogen-bond donors (Lipinski definition) is 2. The molecule has 0 aliphatic carbocycles. The molecule has 3 rings (SSSR count). The number of nitriles is 1. The van der Waals surface area contributed by atoms with Crippen LogP contribution in [-0.4, -0.2) is 31.5 Å². The first-order valence-corrected chi connectivity index (χ1v) is 9.29. The molecular weight excluding hydrogens is 354 g/mol. The molecule has 0 amide bonds. The summed E-state index contributed by atoms with van der Waals surface area (Å²) >= 11 is 0. The molecule has 1 aromatic carbocycles. The molecule has 0 bridgehead atoms. The number of methoxy groups -OCH3 is 1. The van der Waals surface area contributed by atoms with Crippen LogP contribution in [0.2, 0.25) is 0 Å². The molecule has 9 heteroatoms. The summed E-state index contributed by atoms with van der Waals surface area (Å²) in [6.07, 6.45) is 2.29. The molecule has 3 aromatic rings. The number of anilines is 1. The number of imidazole rings is 1. The van der Waals surface area contributed by atoms with Gasteiger partial charge in [0.1, 0.15) is 22.4 Å². The van der Waals surface area contributed by atoms with Gasteiger partial charge in [-0.1, -0.05) is 12.1 Å². The van der Waals surface area contributed by atoms with Gasteiger partial charge in [-0.2, -0.15) is 5.26 Å². The van der Waals surface area contributed by atoms with Crippen molar-refractivity contribution in [2.24, 2.45) is 5.14 Å². The van der Waals surface area contributed by atoms with Gasteiger partial charge < -0.3 is 10.1 Å². The van der Waals surface area contributed by atoms with E-state index in [0.717, 1.165) is 5.56 Å². The Morgan fingerprint density at radius 2 is 2.15 bits per heavy atom. The van der Waals surface area contributed by atoms with Crippen LogP contribution in [0.3, 0.4) is 0 Å². The van der Waals surface area contributed by atoms with E-state index < -0.39 is 10.0 Å². The molecule has 2 aromatic heterocycles. The highest BCUT2D eigenvalue weighted by atomic mass is 32.2. The normalized spacial score (nSPS) is 11.3. The Hall–Kier alpha value is -3.09. The summed E-state index contributed by atoms with van der Waals surface area (Å²) < 4.78 is 30.1. The van der Waals surface area contributed by atoms with E-state index in [1.54, 1.807) is 22.7 Å². The summed E-state index contributed by atoms with van der Waals surface area (Å²) in [6, 6.07) is 12.5. The van der Waals surface area contributed by atoms with Crippen molar-refractivity contribution in [2.75, 3.05) is 19.0 Å². The van der Waals surface area contributed by atoms with Crippen LogP contribution < -0.4 is 15.2 Å². The van der Waals surface area contributed by atoms with Gasteiger partial charge in [-0.15, -0.1) is 0 Å². The number of nitrogens with one attached hydrogen (secondary N) is 1. The minimum Gasteiger partial charge on any atom is -0.495 e. The molecule has 0 radical (unpaired) electrons. The van der Waals surface area contributed by atoms with Crippen LogP contribution in [-0.2, 0) is 16.4 Å². The van der Waals surface area contributed by atoms with Gasteiger partial charge in [0, 0.05) is 12.7 Å². The van der Waals surface area contributed by atoms with Crippen molar-refractivity contribution in [3.63, 3.8) is 0 Å². The number of ether oxygens (including phenoxy) is 1. The number of primary sulfonamides is 1. The molecule has 3 N–H and O–H groups in total. The average molecular weight is 371 g/mol. The minimum atomic E-state index is -3.88. The molecule has 134 valence electrons. The number of fused-ring (bicyclic) bond motifs is 1. The van der Waals surface area contributed by atoms with Gasteiger partial charge in [0.15, 0.2) is 11.5 Å². The van der Waals surface area contributed by atoms with Crippen molar-refractivity contribution in [1.29, 1.82) is 5.26 Å². The quantitative estimate of drug-likeness (QED) is 0.677. The van der Waals surface area contributed by atoms with Gasteiger partial charge in [0.05, 0.1) is 7.11 Å². The second kappa shape index (κ2) is 7.03. The SMILES string of the molecule is COc1ccc(CCNc2nc3ccccn3c2C#N)cc1S(N)(=O)=O. The fraction of sp³-hybridized carbons (Fsp3) is 0.176. The Morgan fingerprint density at radius 3 is 2.85 bits per heavy atom. The van der Waals surface area contributed by atoms with E-state index in [1.165, 1.54) is 13.2 Å². The zero-order valence-electron chi connectivity index (χ0n) is 14.0. The van der Waals surface area contributed by atoms with Crippen molar-refractivity contribution in [3.8, 4) is 11.8 Å². The van der Waals surface area contributed by atoms with Crippen LogP contribution in [0.5, 0.6) is 5.75 Å². The van der Waals surface area contributed by atoms with E-state index in [1.807, 2.05) is 18.2 Å². The summed E-state index contributed by atoms with van der Waals surface area (Å²) in [5, 5.41) is 17.7. The monoisotopic (exact) mass is 371 g/mol. The van der Waals surface area contributed by atoms with Crippen molar-refractivity contribution in [3.05, 3.63) is 53.9 Å². The van der Waals surface area contributed by atoms with E-state index in [-0.39, 0.29) is 10.6 Å². The molecule has 0 fully saturated rings. The second-order valence-corrected chi connectivity index (χ2v) is 7.09. The number of aromatic nitrogens is 2. The largest absolute Gasteiger partial charge is 0.495 e. The van der Waals surface area contributed by atoms with Crippen LogP contribution in [0.25, 0.3) is 5.65 Å². The summed E-state index contributed by atoms with van der Waals surface area (Å²) in [5.41, 5.74) is 1.86. The first-order valence-electron chi connectivity index (χ1n) is 7.75. The Labute approximate surface area is 150 Å². The molecule has 0 saturated heterocycles. The van der Waals surface area contributed by atoms with Crippen LogP contribution in [0.1, 0.15) is 11.3 Å². The maximum absolute atomic E-state index is 11.7. The molecule has 0 atom stereocenters. The highest BCUT2D eigenvalue weighted by Gasteiger charge is 2.16. The van der Waals surface area contributed by atoms with E-state index in [9.17, 15) is 13.7 Å². The second-order valence-electron chi connectivity index (χ2n) is 5.56. The predicted molar refractivity (Wildman–Crippen MR) is 96.5 cm³/mol. The first kappa shape index (κ1) is 17.7. The highest BCUT2D eigenvalue weighted by Crippen LogP contribution is 2.24. The maximum Gasteiger partial charge on any atom is 0.241 e. The third-order valence-electron chi connectivity index (χ3n) is 3.88. The third-order valence-corrected chi connectivity index (χ3v) is 4.81. The molecular formula is C17H17N5O3S. The lowest BCUT2D eigenvalue weighted by molar-refractivity contribution is 0.402. The zero-order chi connectivity index (χ0) is 18.7. The summed E-state index contributed by atoms with van der Waals surface area (Å²) in [4.78, 5) is 4.34. The van der Waals surface area contributed by atoms with Crippen molar-refractivity contribution < 1.29 is 13.2 Å². The Balaban J connectivity index is 1.78. The lowest BCUT2D eigenvalue weighted by Crippen LogP contribution is -2.14. The van der Waals surface area contributed by atoms with Gasteiger partial charge in [0.2, 0.25) is 10.0 Å². The van der Waals surface area contributed by atoms with Gasteiger partial charge in [-0.05, 0) is 36.2 Å². The number of nitrogens with zero attached hydrogens (tertiary/aromatic N) is 3. The van der Waals surface area contributed by atoms with Crippen LogP contribution >= 0.6 is 0 Å². The van der Waals surface area contributed by atoms with E-state index in [4.69, 9.17) is 9.88 Å². The smallest absolute Gasteiger partial charge is 0.241 e. The predicted octanol–water partition coefficient (Wildman–Crippen LogP) is 1.52. The van der Waals surface area contributed by atoms with E-state index in [2.05, 4.69) is 16.4 Å². The summed E-state index contributed by atoms with van der Waals surface area (Å²) in [7, 11) is -2.49. The fourth-order valence-electron chi connectivity index (χ4n) is 2.65. The van der Waals surface area contributed by atoms with Crippen molar-refractivity contribution in [1.82, 2.24) is 9.38 Å². The van der Waals surface area contributed by atoms with E-state index >= 15 is 0 Å². The number of rotatable bonds is 6. The first-order chi connectivity index (χ1) is 12.4. The van der Waals surface area contributed by atoms with Gasteiger partial charge in [-0.25, -0.2) is 18.5 Å². The van der Waals surface area contributed by atoms with Crippen molar-refractivity contribution >= 4 is 21.5 Å². The lowest BCUT2D eigenvalue weighted by Gasteiger charge is -2.09. The third kappa shape index (κ3) is 3.46. The van der Waals surface area contributed by atoms with Crippen LogP contribution in [0.4, 0.5) is 5.82 Å². The van der Waals surface area contributed by atoms with E-state index in [0.29, 0.717) is 30.1 Å². The molecule has 0 aliphatic rings. The molecule has 0 spiro atoms.